The van der Waals surface area contributed by atoms with Crippen LogP contribution in [-0.4, -0.2) is 65.8 Å². The predicted molar refractivity (Wildman–Crippen MR) is 93.4 cm³/mol. The first-order chi connectivity index (χ1) is 11.6. The van der Waals surface area contributed by atoms with Crippen molar-refractivity contribution in [1.29, 1.82) is 0 Å². The molecule has 2 amide bonds. The van der Waals surface area contributed by atoms with E-state index in [1.165, 1.54) is 19.3 Å². The number of amides is 2. The lowest BCUT2D eigenvalue weighted by atomic mass is 10.0. The summed E-state index contributed by atoms with van der Waals surface area (Å²) in [6.07, 6.45) is 3.66. The number of benzene rings is 1. The third-order valence-electron chi connectivity index (χ3n) is 5.13. The number of hydrogen-bond donors (Lipinski definition) is 0. The lowest BCUT2D eigenvalue weighted by molar-refractivity contribution is -0.142. The van der Waals surface area contributed by atoms with Crippen molar-refractivity contribution >= 4 is 11.8 Å². The first-order valence-corrected chi connectivity index (χ1v) is 8.97. The van der Waals surface area contributed by atoms with Crippen molar-refractivity contribution in [1.82, 2.24) is 14.7 Å². The summed E-state index contributed by atoms with van der Waals surface area (Å²) in [6.45, 7) is 6.03. The smallest absolute Gasteiger partial charge is 0.236 e. The quantitative estimate of drug-likeness (QED) is 0.851. The Labute approximate surface area is 144 Å². The van der Waals surface area contributed by atoms with Gasteiger partial charge in [0.15, 0.2) is 0 Å². The molecule has 1 aromatic carbocycles. The van der Waals surface area contributed by atoms with Gasteiger partial charge >= 0.3 is 0 Å². The van der Waals surface area contributed by atoms with E-state index in [-0.39, 0.29) is 17.9 Å². The summed E-state index contributed by atoms with van der Waals surface area (Å²) in [7, 11) is 0. The highest BCUT2D eigenvalue weighted by molar-refractivity contribution is 5.79. The van der Waals surface area contributed by atoms with Gasteiger partial charge in [0.1, 0.15) is 0 Å². The maximum Gasteiger partial charge on any atom is 0.236 e. The summed E-state index contributed by atoms with van der Waals surface area (Å²) >= 11 is 0. The van der Waals surface area contributed by atoms with Gasteiger partial charge in [0, 0.05) is 26.6 Å². The van der Waals surface area contributed by atoms with Crippen LogP contribution in [0.2, 0.25) is 0 Å². The van der Waals surface area contributed by atoms with E-state index < -0.39 is 0 Å². The van der Waals surface area contributed by atoms with Gasteiger partial charge in [0.05, 0.1) is 12.6 Å². The highest BCUT2D eigenvalue weighted by Gasteiger charge is 2.32. The number of hydrogen-bond acceptors (Lipinski definition) is 3. The van der Waals surface area contributed by atoms with Crippen molar-refractivity contribution in [3.8, 4) is 0 Å². The van der Waals surface area contributed by atoms with Gasteiger partial charge < -0.3 is 9.80 Å². The molecular weight excluding hydrogens is 302 g/mol. The molecule has 0 unspecified atom stereocenters. The maximum absolute atomic E-state index is 12.7. The summed E-state index contributed by atoms with van der Waals surface area (Å²) in [4.78, 5) is 30.8. The van der Waals surface area contributed by atoms with Gasteiger partial charge in [-0.1, -0.05) is 36.8 Å². The minimum Gasteiger partial charge on any atom is -0.337 e. The normalized spacial score (nSPS) is 22.5. The van der Waals surface area contributed by atoms with Gasteiger partial charge in [-0.05, 0) is 31.5 Å². The Morgan fingerprint density at radius 2 is 1.71 bits per heavy atom. The number of carbonyl (C=O) groups excluding carboxylic acids is 2. The van der Waals surface area contributed by atoms with Gasteiger partial charge in [-0.25, -0.2) is 0 Å². The summed E-state index contributed by atoms with van der Waals surface area (Å²) in [6, 6.07) is 10.00. The van der Waals surface area contributed by atoms with E-state index in [2.05, 4.69) is 4.90 Å². The van der Waals surface area contributed by atoms with Crippen LogP contribution in [0.5, 0.6) is 0 Å². The molecule has 1 atom stereocenters. The fourth-order valence-electron chi connectivity index (χ4n) is 3.76. The number of rotatable bonds is 3. The third-order valence-corrected chi connectivity index (χ3v) is 5.13. The molecule has 2 heterocycles. The Hall–Kier alpha value is -1.88. The molecule has 0 radical (unpaired) electrons. The Morgan fingerprint density at radius 3 is 2.38 bits per heavy atom. The topological polar surface area (TPSA) is 43.9 Å². The van der Waals surface area contributed by atoms with Gasteiger partial charge in [-0.2, -0.15) is 0 Å². The van der Waals surface area contributed by atoms with Gasteiger partial charge in [-0.15, -0.1) is 0 Å². The number of carbonyl (C=O) groups is 2. The van der Waals surface area contributed by atoms with E-state index in [1.807, 2.05) is 40.1 Å². The van der Waals surface area contributed by atoms with E-state index >= 15 is 0 Å². The van der Waals surface area contributed by atoms with Crippen molar-refractivity contribution in [3.05, 3.63) is 35.9 Å². The van der Waals surface area contributed by atoms with Crippen molar-refractivity contribution in [3.63, 3.8) is 0 Å². The number of piperazine rings is 1. The summed E-state index contributed by atoms with van der Waals surface area (Å²) in [5.74, 6) is 0.271. The molecule has 2 aliphatic heterocycles. The molecule has 0 aliphatic carbocycles. The zero-order valence-corrected chi connectivity index (χ0v) is 14.5. The van der Waals surface area contributed by atoms with Crippen molar-refractivity contribution in [2.75, 3.05) is 39.3 Å². The third kappa shape index (κ3) is 3.96. The van der Waals surface area contributed by atoms with Crippen molar-refractivity contribution in [2.45, 2.75) is 32.2 Å². The van der Waals surface area contributed by atoms with Gasteiger partial charge in [-0.3, -0.25) is 14.5 Å². The van der Waals surface area contributed by atoms with E-state index in [1.54, 1.807) is 6.92 Å². The molecule has 2 saturated heterocycles. The predicted octanol–water partition coefficient (Wildman–Crippen LogP) is 1.90. The van der Waals surface area contributed by atoms with Gasteiger partial charge in [0.2, 0.25) is 11.8 Å². The molecule has 0 saturated carbocycles. The minimum atomic E-state index is -0.0391. The molecule has 5 nitrogen and oxygen atoms in total. The Balaban J connectivity index is 1.68. The van der Waals surface area contributed by atoms with Crippen LogP contribution < -0.4 is 0 Å². The molecule has 0 aromatic heterocycles. The van der Waals surface area contributed by atoms with Crippen LogP contribution in [-0.2, 0) is 9.59 Å². The molecule has 24 heavy (non-hydrogen) atoms. The van der Waals surface area contributed by atoms with Crippen LogP contribution in [0.4, 0.5) is 0 Å². The standard InChI is InChI=1S/C19H27N3O2/c1-16(23)22-13-12-21(14-18(22)17-8-4-2-5-9-17)19(24)15-20-10-6-3-7-11-20/h2,4-5,8-9,18H,3,6-7,10-15H2,1H3/t18-/m1/s1. The second-order valence-electron chi connectivity index (χ2n) is 6.82. The minimum absolute atomic E-state index is 0.0391. The molecule has 3 rings (SSSR count). The largest absolute Gasteiger partial charge is 0.337 e. The summed E-state index contributed by atoms with van der Waals surface area (Å²) < 4.78 is 0. The van der Waals surface area contributed by atoms with Crippen LogP contribution in [0.15, 0.2) is 30.3 Å². The average Bonchev–Trinajstić information content (AvgIpc) is 2.62. The van der Waals surface area contributed by atoms with Crippen molar-refractivity contribution < 1.29 is 9.59 Å². The van der Waals surface area contributed by atoms with E-state index in [0.29, 0.717) is 26.2 Å². The highest BCUT2D eigenvalue weighted by atomic mass is 16.2. The van der Waals surface area contributed by atoms with E-state index in [0.717, 1.165) is 18.7 Å². The molecule has 2 aliphatic rings. The zero-order valence-electron chi connectivity index (χ0n) is 14.5. The Kier molecular flexibility index (Phi) is 5.51. The van der Waals surface area contributed by atoms with Crippen LogP contribution in [0.1, 0.15) is 37.8 Å². The van der Waals surface area contributed by atoms with E-state index in [9.17, 15) is 9.59 Å². The summed E-state index contributed by atoms with van der Waals surface area (Å²) in [5, 5.41) is 0. The summed E-state index contributed by atoms with van der Waals surface area (Å²) in [5.41, 5.74) is 1.10. The fourth-order valence-corrected chi connectivity index (χ4v) is 3.76. The maximum atomic E-state index is 12.7. The first-order valence-electron chi connectivity index (χ1n) is 8.97. The molecule has 0 bridgehead atoms. The zero-order chi connectivity index (χ0) is 16.9. The molecular formula is C19H27N3O2. The Morgan fingerprint density at radius 1 is 1.00 bits per heavy atom. The monoisotopic (exact) mass is 329 g/mol. The highest BCUT2D eigenvalue weighted by Crippen LogP contribution is 2.25. The number of likely N-dealkylation sites (tertiary alicyclic amines) is 1. The SMILES string of the molecule is CC(=O)N1CCN(C(=O)CN2CCCCC2)C[C@@H]1c1ccccc1. The lowest BCUT2D eigenvalue weighted by Gasteiger charge is -2.42. The lowest BCUT2D eigenvalue weighted by Crippen LogP contribution is -2.53. The van der Waals surface area contributed by atoms with Crippen molar-refractivity contribution in [2.24, 2.45) is 0 Å². The second-order valence-corrected chi connectivity index (χ2v) is 6.82. The molecule has 0 N–H and O–H groups in total. The number of nitrogens with zero attached hydrogens (tertiary/aromatic N) is 3. The fraction of sp³-hybridized carbons (Fsp3) is 0.579. The van der Waals surface area contributed by atoms with Gasteiger partial charge in [0.25, 0.3) is 0 Å². The molecule has 5 heteroatoms. The molecule has 1 aromatic rings. The van der Waals surface area contributed by atoms with Crippen LogP contribution in [0.3, 0.4) is 0 Å². The molecule has 130 valence electrons. The van der Waals surface area contributed by atoms with Crippen LogP contribution >= 0.6 is 0 Å². The first kappa shape index (κ1) is 17.0. The Bertz CT molecular complexity index is 569. The second kappa shape index (κ2) is 7.79. The van der Waals surface area contributed by atoms with E-state index in [4.69, 9.17) is 0 Å². The number of piperidine rings is 1. The van der Waals surface area contributed by atoms with Crippen LogP contribution in [0, 0.1) is 0 Å². The molecule has 2 fully saturated rings. The van der Waals surface area contributed by atoms with Crippen LogP contribution in [0.25, 0.3) is 0 Å². The molecule has 0 spiro atoms. The average molecular weight is 329 g/mol.